The lowest BCUT2D eigenvalue weighted by atomic mass is 10.1. The minimum absolute atomic E-state index is 0.508. The van der Waals surface area contributed by atoms with Gasteiger partial charge in [0.25, 0.3) is 0 Å². The second-order valence-electron chi connectivity index (χ2n) is 4.46. The van der Waals surface area contributed by atoms with Gasteiger partial charge in [-0.3, -0.25) is 4.98 Å². The Hall–Kier alpha value is -3.19. The standard InChI is InChI=1S/C17H12N4/c18-11-14-10-15(13-6-8-19-9-7-13)12-20-17(14)21-16-4-2-1-3-5-16/h1-10,12H,(H,20,21). The van der Waals surface area contributed by atoms with Crippen molar-refractivity contribution in [3.8, 4) is 17.2 Å². The Bertz CT molecular complexity index is 777. The maximum absolute atomic E-state index is 9.33. The van der Waals surface area contributed by atoms with Crippen molar-refractivity contribution in [2.45, 2.75) is 0 Å². The molecule has 4 nitrogen and oxygen atoms in total. The van der Waals surface area contributed by atoms with Gasteiger partial charge in [-0.25, -0.2) is 4.98 Å². The fraction of sp³-hybridized carbons (Fsp3) is 0. The molecule has 0 aliphatic heterocycles. The second kappa shape index (κ2) is 5.85. The van der Waals surface area contributed by atoms with Gasteiger partial charge in [0.1, 0.15) is 11.9 Å². The SMILES string of the molecule is N#Cc1cc(-c2ccncc2)cnc1Nc1ccccc1. The van der Waals surface area contributed by atoms with E-state index in [1.54, 1.807) is 18.6 Å². The van der Waals surface area contributed by atoms with Gasteiger partial charge in [0.2, 0.25) is 0 Å². The summed E-state index contributed by atoms with van der Waals surface area (Å²) in [7, 11) is 0. The molecule has 0 amide bonds. The van der Waals surface area contributed by atoms with Crippen molar-refractivity contribution in [1.82, 2.24) is 9.97 Å². The average molecular weight is 272 g/mol. The van der Waals surface area contributed by atoms with E-state index in [0.717, 1.165) is 16.8 Å². The molecule has 3 rings (SSSR count). The molecular weight excluding hydrogens is 260 g/mol. The van der Waals surface area contributed by atoms with Gasteiger partial charge in [-0.2, -0.15) is 5.26 Å². The number of nitriles is 1. The Morgan fingerprint density at radius 2 is 1.71 bits per heavy atom. The van der Waals surface area contributed by atoms with E-state index in [1.807, 2.05) is 48.5 Å². The van der Waals surface area contributed by atoms with Gasteiger partial charge in [0.15, 0.2) is 0 Å². The summed E-state index contributed by atoms with van der Waals surface area (Å²) in [5.41, 5.74) is 3.29. The Kier molecular flexibility index (Phi) is 3.57. The molecule has 2 heterocycles. The Morgan fingerprint density at radius 1 is 0.952 bits per heavy atom. The molecule has 0 saturated carbocycles. The number of hydrogen-bond acceptors (Lipinski definition) is 4. The van der Waals surface area contributed by atoms with Crippen molar-refractivity contribution < 1.29 is 0 Å². The molecule has 1 N–H and O–H groups in total. The van der Waals surface area contributed by atoms with Crippen LogP contribution in [0.5, 0.6) is 0 Å². The van der Waals surface area contributed by atoms with Crippen LogP contribution in [0.3, 0.4) is 0 Å². The summed E-state index contributed by atoms with van der Waals surface area (Å²) in [4.78, 5) is 8.36. The number of benzene rings is 1. The summed E-state index contributed by atoms with van der Waals surface area (Å²) in [6, 6.07) is 17.5. The van der Waals surface area contributed by atoms with E-state index in [-0.39, 0.29) is 0 Å². The minimum atomic E-state index is 0.508. The fourth-order valence-corrected chi connectivity index (χ4v) is 2.01. The molecule has 1 aromatic carbocycles. The monoisotopic (exact) mass is 272 g/mol. The first-order valence-corrected chi connectivity index (χ1v) is 6.49. The van der Waals surface area contributed by atoms with Gasteiger partial charge in [-0.1, -0.05) is 18.2 Å². The third kappa shape index (κ3) is 2.88. The van der Waals surface area contributed by atoms with Crippen LogP contribution in [0.25, 0.3) is 11.1 Å². The Labute approximate surface area is 122 Å². The summed E-state index contributed by atoms with van der Waals surface area (Å²) < 4.78 is 0. The van der Waals surface area contributed by atoms with Crippen LogP contribution in [0.2, 0.25) is 0 Å². The number of anilines is 2. The first kappa shape index (κ1) is 12.8. The largest absolute Gasteiger partial charge is 0.339 e. The lowest BCUT2D eigenvalue weighted by Crippen LogP contribution is -1.97. The zero-order valence-corrected chi connectivity index (χ0v) is 11.2. The van der Waals surface area contributed by atoms with Crippen LogP contribution < -0.4 is 5.32 Å². The predicted molar refractivity (Wildman–Crippen MR) is 81.9 cm³/mol. The highest BCUT2D eigenvalue weighted by atomic mass is 15.0. The lowest BCUT2D eigenvalue weighted by molar-refractivity contribution is 1.28. The first-order chi connectivity index (χ1) is 10.4. The van der Waals surface area contributed by atoms with E-state index in [1.165, 1.54) is 0 Å². The molecule has 0 aliphatic carbocycles. The number of rotatable bonds is 3. The first-order valence-electron chi connectivity index (χ1n) is 6.49. The molecule has 0 fully saturated rings. The molecule has 0 bridgehead atoms. The van der Waals surface area contributed by atoms with Crippen LogP contribution in [-0.4, -0.2) is 9.97 Å². The highest BCUT2D eigenvalue weighted by molar-refractivity contribution is 5.70. The molecule has 100 valence electrons. The summed E-state index contributed by atoms with van der Waals surface area (Å²) >= 11 is 0. The fourth-order valence-electron chi connectivity index (χ4n) is 2.01. The second-order valence-corrected chi connectivity index (χ2v) is 4.46. The maximum Gasteiger partial charge on any atom is 0.148 e. The van der Waals surface area contributed by atoms with Gasteiger partial charge in [-0.15, -0.1) is 0 Å². The average Bonchev–Trinajstić information content (AvgIpc) is 2.57. The number of para-hydroxylation sites is 1. The Balaban J connectivity index is 1.95. The van der Waals surface area contributed by atoms with Crippen LogP contribution >= 0.6 is 0 Å². The predicted octanol–water partition coefficient (Wildman–Crippen LogP) is 3.76. The van der Waals surface area contributed by atoms with Crippen LogP contribution in [0, 0.1) is 11.3 Å². The van der Waals surface area contributed by atoms with E-state index in [0.29, 0.717) is 11.4 Å². The zero-order chi connectivity index (χ0) is 14.5. The number of nitrogens with zero attached hydrogens (tertiary/aromatic N) is 3. The third-order valence-electron chi connectivity index (χ3n) is 3.06. The summed E-state index contributed by atoms with van der Waals surface area (Å²) in [6.45, 7) is 0. The summed E-state index contributed by atoms with van der Waals surface area (Å²) in [6.07, 6.45) is 5.19. The number of nitrogens with one attached hydrogen (secondary N) is 1. The molecule has 0 spiro atoms. The molecular formula is C17H12N4. The number of aromatic nitrogens is 2. The minimum Gasteiger partial charge on any atom is -0.339 e. The highest BCUT2D eigenvalue weighted by Crippen LogP contribution is 2.24. The van der Waals surface area contributed by atoms with Crippen molar-refractivity contribution in [2.24, 2.45) is 0 Å². The molecule has 0 saturated heterocycles. The van der Waals surface area contributed by atoms with Crippen molar-refractivity contribution >= 4 is 11.5 Å². The quantitative estimate of drug-likeness (QED) is 0.788. The van der Waals surface area contributed by atoms with Gasteiger partial charge in [0, 0.05) is 29.8 Å². The van der Waals surface area contributed by atoms with Crippen molar-refractivity contribution in [3.05, 3.63) is 72.7 Å². The molecule has 0 aliphatic rings. The zero-order valence-electron chi connectivity index (χ0n) is 11.2. The van der Waals surface area contributed by atoms with Crippen LogP contribution in [0.15, 0.2) is 67.1 Å². The molecule has 0 atom stereocenters. The molecule has 21 heavy (non-hydrogen) atoms. The van der Waals surface area contributed by atoms with Crippen LogP contribution in [0.1, 0.15) is 5.56 Å². The molecule has 2 aromatic heterocycles. The maximum atomic E-state index is 9.33. The van der Waals surface area contributed by atoms with E-state index < -0.39 is 0 Å². The van der Waals surface area contributed by atoms with Crippen LogP contribution in [0.4, 0.5) is 11.5 Å². The molecule has 0 radical (unpaired) electrons. The van der Waals surface area contributed by atoms with E-state index in [4.69, 9.17) is 0 Å². The van der Waals surface area contributed by atoms with Crippen LogP contribution in [-0.2, 0) is 0 Å². The van der Waals surface area contributed by atoms with E-state index >= 15 is 0 Å². The highest BCUT2D eigenvalue weighted by Gasteiger charge is 2.07. The lowest BCUT2D eigenvalue weighted by Gasteiger charge is -2.08. The normalized spacial score (nSPS) is 9.86. The van der Waals surface area contributed by atoms with Gasteiger partial charge < -0.3 is 5.32 Å². The topological polar surface area (TPSA) is 61.6 Å². The molecule has 0 unspecified atom stereocenters. The van der Waals surface area contributed by atoms with Crippen molar-refractivity contribution in [3.63, 3.8) is 0 Å². The van der Waals surface area contributed by atoms with Gasteiger partial charge >= 0.3 is 0 Å². The van der Waals surface area contributed by atoms with Crippen molar-refractivity contribution in [1.29, 1.82) is 5.26 Å². The summed E-state index contributed by atoms with van der Waals surface area (Å²) in [5.74, 6) is 0.557. The van der Waals surface area contributed by atoms with Crippen molar-refractivity contribution in [2.75, 3.05) is 5.32 Å². The van der Waals surface area contributed by atoms with Gasteiger partial charge in [0.05, 0.1) is 5.56 Å². The van der Waals surface area contributed by atoms with E-state index in [9.17, 15) is 5.26 Å². The number of pyridine rings is 2. The summed E-state index contributed by atoms with van der Waals surface area (Å²) in [5, 5.41) is 12.5. The number of hydrogen-bond donors (Lipinski definition) is 1. The van der Waals surface area contributed by atoms with E-state index in [2.05, 4.69) is 21.4 Å². The molecule has 3 aromatic rings. The molecule has 4 heteroatoms. The smallest absolute Gasteiger partial charge is 0.148 e. The van der Waals surface area contributed by atoms with Gasteiger partial charge in [-0.05, 0) is 35.9 Å². The Morgan fingerprint density at radius 3 is 2.43 bits per heavy atom. The third-order valence-corrected chi connectivity index (χ3v) is 3.06.